The number of rotatable bonds is 5. The van der Waals surface area contributed by atoms with Crippen molar-refractivity contribution in [1.82, 2.24) is 0 Å². The highest BCUT2D eigenvalue weighted by Gasteiger charge is 2.19. The van der Waals surface area contributed by atoms with Gasteiger partial charge in [0.05, 0.1) is 10.7 Å². The minimum atomic E-state index is -0.285. The molecule has 0 aromatic heterocycles. The van der Waals surface area contributed by atoms with Gasteiger partial charge in [-0.25, -0.2) is 4.39 Å². The Kier molecular flexibility index (Phi) is 5.93. The van der Waals surface area contributed by atoms with Crippen LogP contribution in [0.25, 0.3) is 17.2 Å². The van der Waals surface area contributed by atoms with Crippen LogP contribution in [0, 0.1) is 9.39 Å². The fraction of sp³-hybridized carbons (Fsp3) is 0.211. The Morgan fingerprint density at radius 1 is 1.22 bits per heavy atom. The van der Waals surface area contributed by atoms with Gasteiger partial charge >= 0.3 is 0 Å². The van der Waals surface area contributed by atoms with Gasteiger partial charge < -0.3 is 4.74 Å². The molecule has 2 nitrogen and oxygen atoms in total. The second kappa shape index (κ2) is 7.73. The lowest BCUT2D eigenvalue weighted by Crippen LogP contribution is -2.01. The number of benzene rings is 2. The van der Waals surface area contributed by atoms with Crippen LogP contribution in [0.2, 0.25) is 0 Å². The summed E-state index contributed by atoms with van der Waals surface area (Å²) in [4.78, 5) is 10.8. The van der Waals surface area contributed by atoms with E-state index in [0.29, 0.717) is 0 Å². The Balaban J connectivity index is 2.85. The smallest absolute Gasteiger partial charge is 0.142 e. The molecular weight excluding hydrogens is 406 g/mol. The van der Waals surface area contributed by atoms with E-state index >= 15 is 0 Å². The third-order valence-electron chi connectivity index (χ3n) is 3.61. The van der Waals surface area contributed by atoms with Crippen LogP contribution in [0.1, 0.15) is 30.9 Å². The zero-order chi connectivity index (χ0) is 17.0. The Morgan fingerprint density at radius 3 is 2.39 bits per heavy atom. The Bertz CT molecular complexity index is 734. The molecule has 0 unspecified atom stereocenters. The molecule has 2 aromatic carbocycles. The highest BCUT2D eigenvalue weighted by molar-refractivity contribution is 14.1. The summed E-state index contributed by atoms with van der Waals surface area (Å²) in [6.45, 7) is 4.20. The molecule has 4 heteroatoms. The van der Waals surface area contributed by atoms with E-state index in [1.807, 2.05) is 0 Å². The number of aldehydes is 1. The number of ether oxygens (including phenoxy) is 1. The fourth-order valence-corrected chi connectivity index (χ4v) is 3.39. The fourth-order valence-electron chi connectivity index (χ4n) is 2.56. The molecule has 0 amide bonds. The van der Waals surface area contributed by atoms with Gasteiger partial charge in [0, 0.05) is 5.56 Å². The van der Waals surface area contributed by atoms with E-state index in [-0.39, 0.29) is 11.7 Å². The predicted octanol–water partition coefficient (Wildman–Crippen LogP) is 5.44. The molecule has 2 aromatic rings. The topological polar surface area (TPSA) is 26.3 Å². The van der Waals surface area contributed by atoms with Gasteiger partial charge in [0.25, 0.3) is 0 Å². The highest BCUT2D eigenvalue weighted by Crippen LogP contribution is 2.41. The summed E-state index contributed by atoms with van der Waals surface area (Å²) >= 11 is 2.24. The quantitative estimate of drug-likeness (QED) is 0.363. The third kappa shape index (κ3) is 3.80. The molecule has 0 saturated carbocycles. The zero-order valence-electron chi connectivity index (χ0n) is 13.3. The van der Waals surface area contributed by atoms with Gasteiger partial charge in [-0.2, -0.15) is 0 Å². The first-order valence-electron chi connectivity index (χ1n) is 7.27. The van der Waals surface area contributed by atoms with Crippen molar-refractivity contribution in [3.05, 3.63) is 56.9 Å². The van der Waals surface area contributed by atoms with Gasteiger partial charge in [0.1, 0.15) is 17.9 Å². The first kappa shape index (κ1) is 17.7. The summed E-state index contributed by atoms with van der Waals surface area (Å²) in [5.41, 5.74) is 3.78. The van der Waals surface area contributed by atoms with Gasteiger partial charge in [-0.3, -0.25) is 4.79 Å². The van der Waals surface area contributed by atoms with Crippen molar-refractivity contribution in [2.45, 2.75) is 19.8 Å². The van der Waals surface area contributed by atoms with E-state index in [2.05, 4.69) is 42.5 Å². The van der Waals surface area contributed by atoms with Crippen LogP contribution in [0.4, 0.5) is 4.39 Å². The van der Waals surface area contributed by atoms with E-state index in [0.717, 1.165) is 37.9 Å². The van der Waals surface area contributed by atoms with Crippen LogP contribution in [-0.2, 0) is 4.79 Å². The maximum Gasteiger partial charge on any atom is 0.142 e. The number of carbonyl (C=O) groups is 1. The molecule has 0 heterocycles. The molecule has 0 aliphatic carbocycles. The van der Waals surface area contributed by atoms with E-state index in [4.69, 9.17) is 4.74 Å². The first-order chi connectivity index (χ1) is 11.0. The van der Waals surface area contributed by atoms with Crippen molar-refractivity contribution < 1.29 is 13.9 Å². The summed E-state index contributed by atoms with van der Waals surface area (Å²) < 4.78 is 19.9. The van der Waals surface area contributed by atoms with Gasteiger partial charge in [0.2, 0.25) is 0 Å². The summed E-state index contributed by atoms with van der Waals surface area (Å²) in [6, 6.07) is 8.38. The number of hydrogen-bond donors (Lipinski definition) is 0. The molecule has 0 saturated heterocycles. The molecular formula is C19H18FIO2. The van der Waals surface area contributed by atoms with Crippen molar-refractivity contribution >= 4 is 35.0 Å². The normalized spacial score (nSPS) is 11.2. The Hall–Kier alpha value is -1.69. The average Bonchev–Trinajstić information content (AvgIpc) is 2.53. The second-order valence-corrected chi connectivity index (χ2v) is 6.59. The molecule has 0 bridgehead atoms. The predicted molar refractivity (Wildman–Crippen MR) is 100 cm³/mol. The van der Waals surface area contributed by atoms with Crippen LogP contribution in [0.3, 0.4) is 0 Å². The molecule has 0 aliphatic heterocycles. The zero-order valence-corrected chi connectivity index (χ0v) is 15.4. The van der Waals surface area contributed by atoms with Crippen molar-refractivity contribution in [3.8, 4) is 16.9 Å². The molecule has 0 fully saturated rings. The largest absolute Gasteiger partial charge is 0.495 e. The molecule has 0 radical (unpaired) electrons. The van der Waals surface area contributed by atoms with Crippen molar-refractivity contribution in [2.24, 2.45) is 0 Å². The number of carbonyl (C=O) groups excluding carboxylic acids is 1. The van der Waals surface area contributed by atoms with Gasteiger partial charge in [-0.1, -0.05) is 32.1 Å². The van der Waals surface area contributed by atoms with Gasteiger partial charge in [-0.15, -0.1) is 0 Å². The number of allylic oxidation sites excluding steroid dienone is 1. The van der Waals surface area contributed by atoms with Crippen LogP contribution in [-0.4, -0.2) is 13.4 Å². The summed E-state index contributed by atoms with van der Waals surface area (Å²) in [5.74, 6) is 0.722. The minimum absolute atomic E-state index is 0.278. The monoisotopic (exact) mass is 424 g/mol. The Labute approximate surface area is 149 Å². The molecule has 120 valence electrons. The molecule has 23 heavy (non-hydrogen) atoms. The lowest BCUT2D eigenvalue weighted by molar-refractivity contribution is -0.104. The highest BCUT2D eigenvalue weighted by atomic mass is 127. The van der Waals surface area contributed by atoms with E-state index in [1.54, 1.807) is 25.3 Å². The first-order valence-corrected chi connectivity index (χ1v) is 8.35. The maximum atomic E-state index is 13.3. The van der Waals surface area contributed by atoms with Crippen LogP contribution in [0.15, 0.2) is 36.4 Å². The summed E-state index contributed by atoms with van der Waals surface area (Å²) in [5, 5.41) is 0. The van der Waals surface area contributed by atoms with Gasteiger partial charge in [0.15, 0.2) is 0 Å². The SMILES string of the molecule is COc1c(I)cc(C(C)C)c(C=CC=O)c1-c1ccc(F)cc1. The summed E-state index contributed by atoms with van der Waals surface area (Å²) in [7, 11) is 1.62. The lowest BCUT2D eigenvalue weighted by Gasteiger charge is -2.20. The van der Waals surface area contributed by atoms with Crippen molar-refractivity contribution in [1.29, 1.82) is 0 Å². The van der Waals surface area contributed by atoms with Crippen LogP contribution < -0.4 is 4.74 Å². The molecule has 0 spiro atoms. The number of halogens is 2. The van der Waals surface area contributed by atoms with Crippen molar-refractivity contribution in [3.63, 3.8) is 0 Å². The van der Waals surface area contributed by atoms with E-state index < -0.39 is 0 Å². The van der Waals surface area contributed by atoms with Gasteiger partial charge in [-0.05, 0) is 69.5 Å². The van der Waals surface area contributed by atoms with E-state index in [1.165, 1.54) is 18.2 Å². The molecule has 0 N–H and O–H groups in total. The van der Waals surface area contributed by atoms with Crippen LogP contribution >= 0.6 is 22.6 Å². The number of methoxy groups -OCH3 is 1. The molecule has 2 rings (SSSR count). The molecule has 0 atom stereocenters. The minimum Gasteiger partial charge on any atom is -0.495 e. The lowest BCUT2D eigenvalue weighted by atomic mass is 9.89. The van der Waals surface area contributed by atoms with Crippen LogP contribution in [0.5, 0.6) is 5.75 Å². The van der Waals surface area contributed by atoms with Crippen molar-refractivity contribution in [2.75, 3.05) is 7.11 Å². The van der Waals surface area contributed by atoms with E-state index in [9.17, 15) is 9.18 Å². The molecule has 0 aliphatic rings. The number of hydrogen-bond acceptors (Lipinski definition) is 2. The second-order valence-electron chi connectivity index (χ2n) is 5.43. The Morgan fingerprint density at radius 2 is 1.87 bits per heavy atom. The standard InChI is InChI=1S/C19H18FIO2/c1-12(2)16-11-17(21)19(23-3)18(15(16)5-4-10-22)13-6-8-14(20)9-7-13/h4-12H,1-3H3. The average molecular weight is 424 g/mol. The third-order valence-corrected chi connectivity index (χ3v) is 4.41. The maximum absolute atomic E-state index is 13.3. The summed E-state index contributed by atoms with van der Waals surface area (Å²) in [6.07, 6.45) is 4.02.